The second-order valence-corrected chi connectivity index (χ2v) is 7.05. The standard InChI is InChI=1S/C19H30N2O5/c1-13-10-15(3)16(11-14(13)2)12-17(22)21(24)19(18(23)25-4)6-8-20(26-5)9-7-19/h10-11,18,23-24H,6-9,12H2,1-5H3. The van der Waals surface area contributed by atoms with Crippen molar-refractivity contribution in [1.82, 2.24) is 10.1 Å². The molecule has 1 aromatic rings. The quantitative estimate of drug-likeness (QED) is 0.453. The predicted octanol–water partition coefficient (Wildman–Crippen LogP) is 1.73. The fraction of sp³-hybridized carbons (Fsp3) is 0.632. The summed E-state index contributed by atoms with van der Waals surface area (Å²) in [4.78, 5) is 18.0. The summed E-state index contributed by atoms with van der Waals surface area (Å²) in [5.41, 5.74) is 2.95. The number of aliphatic hydroxyl groups is 1. The van der Waals surface area contributed by atoms with Gasteiger partial charge < -0.3 is 14.7 Å². The van der Waals surface area contributed by atoms with Gasteiger partial charge in [0, 0.05) is 20.2 Å². The van der Waals surface area contributed by atoms with Crippen LogP contribution in [0.3, 0.4) is 0 Å². The van der Waals surface area contributed by atoms with E-state index >= 15 is 0 Å². The first-order chi connectivity index (χ1) is 12.2. The Hall–Kier alpha value is -1.51. The van der Waals surface area contributed by atoms with Crippen molar-refractivity contribution in [2.24, 2.45) is 0 Å². The van der Waals surface area contributed by atoms with Gasteiger partial charge in [-0.15, -0.1) is 0 Å². The van der Waals surface area contributed by atoms with E-state index in [1.54, 1.807) is 12.2 Å². The highest BCUT2D eigenvalue weighted by molar-refractivity contribution is 5.79. The number of rotatable bonds is 6. The summed E-state index contributed by atoms with van der Waals surface area (Å²) in [5.74, 6) is -0.460. The summed E-state index contributed by atoms with van der Waals surface area (Å²) in [6.07, 6.45) is -0.541. The van der Waals surface area contributed by atoms with Crippen molar-refractivity contribution in [3.8, 4) is 0 Å². The summed E-state index contributed by atoms with van der Waals surface area (Å²) < 4.78 is 5.08. The van der Waals surface area contributed by atoms with Crippen molar-refractivity contribution in [1.29, 1.82) is 0 Å². The minimum atomic E-state index is -1.28. The summed E-state index contributed by atoms with van der Waals surface area (Å²) >= 11 is 0. The number of nitrogens with zero attached hydrogens (tertiary/aromatic N) is 2. The van der Waals surface area contributed by atoms with Gasteiger partial charge in [-0.3, -0.25) is 10.0 Å². The largest absolute Gasteiger partial charge is 0.366 e. The number of carbonyl (C=O) groups is 1. The normalized spacial score (nSPS) is 18.6. The van der Waals surface area contributed by atoms with E-state index in [4.69, 9.17) is 9.57 Å². The number of hydrogen-bond donors (Lipinski definition) is 2. The number of carbonyl (C=O) groups excluding carboxylic acids is 1. The Labute approximate surface area is 155 Å². The molecule has 1 heterocycles. The van der Waals surface area contributed by atoms with Crippen LogP contribution in [0.5, 0.6) is 0 Å². The van der Waals surface area contributed by atoms with Gasteiger partial charge in [-0.25, -0.2) is 5.06 Å². The second-order valence-electron chi connectivity index (χ2n) is 7.05. The van der Waals surface area contributed by atoms with Gasteiger partial charge in [0.15, 0.2) is 6.29 Å². The molecule has 1 aliphatic rings. The molecule has 26 heavy (non-hydrogen) atoms. The first kappa shape index (κ1) is 20.8. The third-order valence-electron chi connectivity index (χ3n) is 5.48. The van der Waals surface area contributed by atoms with Crippen LogP contribution >= 0.6 is 0 Å². The third-order valence-corrected chi connectivity index (χ3v) is 5.48. The van der Waals surface area contributed by atoms with E-state index in [1.165, 1.54) is 7.11 Å². The first-order valence-electron chi connectivity index (χ1n) is 8.83. The number of hydrogen-bond acceptors (Lipinski definition) is 6. The summed E-state index contributed by atoms with van der Waals surface area (Å²) in [7, 11) is 2.94. The monoisotopic (exact) mass is 366 g/mol. The molecule has 1 amide bonds. The molecule has 7 nitrogen and oxygen atoms in total. The summed E-state index contributed by atoms with van der Waals surface area (Å²) in [6.45, 7) is 6.93. The fourth-order valence-corrected chi connectivity index (χ4v) is 3.54. The van der Waals surface area contributed by atoms with E-state index in [1.807, 2.05) is 32.9 Å². The minimum Gasteiger partial charge on any atom is -0.366 e. The molecule has 1 atom stereocenters. The molecule has 2 N–H and O–H groups in total. The van der Waals surface area contributed by atoms with Gasteiger partial charge in [0.1, 0.15) is 5.54 Å². The van der Waals surface area contributed by atoms with Crippen LogP contribution in [0, 0.1) is 20.8 Å². The maximum atomic E-state index is 12.8. The zero-order chi connectivity index (χ0) is 19.5. The molecule has 0 spiro atoms. The van der Waals surface area contributed by atoms with Gasteiger partial charge in [0.25, 0.3) is 5.91 Å². The highest BCUT2D eigenvalue weighted by atomic mass is 16.7. The Morgan fingerprint density at radius 3 is 2.31 bits per heavy atom. The SMILES string of the molecule is COC(O)C1(N(O)C(=O)Cc2cc(C)c(C)cc2C)CCN(OC)CC1. The number of ether oxygens (including phenoxy) is 1. The van der Waals surface area contributed by atoms with Crippen molar-refractivity contribution in [2.75, 3.05) is 27.3 Å². The molecule has 0 aliphatic carbocycles. The highest BCUT2D eigenvalue weighted by Gasteiger charge is 2.48. The highest BCUT2D eigenvalue weighted by Crippen LogP contribution is 2.32. The number of piperidine rings is 1. The minimum absolute atomic E-state index is 0.0651. The maximum Gasteiger partial charge on any atom is 0.251 e. The van der Waals surface area contributed by atoms with Crippen LogP contribution in [0.15, 0.2) is 12.1 Å². The summed E-state index contributed by atoms with van der Waals surface area (Å²) in [5, 5.41) is 23.5. The van der Waals surface area contributed by atoms with Crippen LogP contribution in [-0.2, 0) is 20.8 Å². The average molecular weight is 366 g/mol. The summed E-state index contributed by atoms with van der Waals surface area (Å²) in [6, 6.07) is 4.01. The van der Waals surface area contributed by atoms with Crippen molar-refractivity contribution >= 4 is 5.91 Å². The van der Waals surface area contributed by atoms with Crippen LogP contribution in [-0.4, -0.2) is 65.5 Å². The van der Waals surface area contributed by atoms with Crippen molar-refractivity contribution in [2.45, 2.75) is 51.9 Å². The molecule has 2 rings (SSSR count). The Morgan fingerprint density at radius 1 is 1.19 bits per heavy atom. The molecule has 1 unspecified atom stereocenters. The van der Waals surface area contributed by atoms with Gasteiger partial charge in [-0.2, -0.15) is 5.06 Å². The zero-order valence-corrected chi connectivity index (χ0v) is 16.3. The molecular formula is C19H30N2O5. The van der Waals surface area contributed by atoms with Gasteiger partial charge in [-0.05, 0) is 55.9 Å². The van der Waals surface area contributed by atoms with E-state index in [9.17, 15) is 15.1 Å². The molecule has 0 aromatic heterocycles. The predicted molar refractivity (Wildman–Crippen MR) is 96.6 cm³/mol. The molecule has 0 radical (unpaired) electrons. The molecule has 0 saturated carbocycles. The molecule has 146 valence electrons. The Kier molecular flexibility index (Phi) is 6.76. The van der Waals surface area contributed by atoms with Crippen LogP contribution < -0.4 is 0 Å². The van der Waals surface area contributed by atoms with Gasteiger partial charge in [0.05, 0.1) is 13.5 Å². The smallest absolute Gasteiger partial charge is 0.251 e. The second kappa shape index (κ2) is 8.45. The van der Waals surface area contributed by atoms with Crippen molar-refractivity contribution in [3.05, 3.63) is 34.4 Å². The van der Waals surface area contributed by atoms with Gasteiger partial charge in [0.2, 0.25) is 0 Å². The van der Waals surface area contributed by atoms with Gasteiger partial charge in [-0.1, -0.05) is 12.1 Å². The average Bonchev–Trinajstić information content (AvgIpc) is 2.64. The maximum absolute atomic E-state index is 12.8. The van der Waals surface area contributed by atoms with E-state index in [0.717, 1.165) is 22.3 Å². The Bertz CT molecular complexity index is 641. The number of amides is 1. The van der Waals surface area contributed by atoms with Gasteiger partial charge >= 0.3 is 0 Å². The number of aryl methyl sites for hydroxylation is 3. The van der Waals surface area contributed by atoms with Crippen LogP contribution in [0.2, 0.25) is 0 Å². The zero-order valence-electron chi connectivity index (χ0n) is 16.3. The lowest BCUT2D eigenvalue weighted by Gasteiger charge is -2.46. The van der Waals surface area contributed by atoms with Crippen molar-refractivity contribution < 1.29 is 24.7 Å². The Morgan fingerprint density at radius 2 is 1.77 bits per heavy atom. The molecule has 1 saturated heterocycles. The third kappa shape index (κ3) is 4.07. The lowest BCUT2D eigenvalue weighted by Crippen LogP contribution is -2.63. The number of aliphatic hydroxyl groups excluding tert-OH is 1. The van der Waals surface area contributed by atoms with E-state index < -0.39 is 17.7 Å². The number of benzene rings is 1. The Balaban J connectivity index is 2.22. The molecule has 0 bridgehead atoms. The van der Waals surface area contributed by atoms with Crippen LogP contribution in [0.1, 0.15) is 35.1 Å². The van der Waals surface area contributed by atoms with E-state index in [-0.39, 0.29) is 6.42 Å². The van der Waals surface area contributed by atoms with E-state index in [0.29, 0.717) is 31.0 Å². The topological polar surface area (TPSA) is 82.5 Å². The molecule has 7 heteroatoms. The molecule has 1 aliphatic heterocycles. The lowest BCUT2D eigenvalue weighted by atomic mass is 9.86. The molecule has 1 aromatic carbocycles. The lowest BCUT2D eigenvalue weighted by molar-refractivity contribution is -0.277. The van der Waals surface area contributed by atoms with Crippen LogP contribution in [0.25, 0.3) is 0 Å². The first-order valence-corrected chi connectivity index (χ1v) is 8.83. The molecule has 1 fully saturated rings. The number of hydroxylamine groups is 4. The molecular weight excluding hydrogens is 336 g/mol. The van der Waals surface area contributed by atoms with Crippen molar-refractivity contribution in [3.63, 3.8) is 0 Å². The number of methoxy groups -OCH3 is 1. The fourth-order valence-electron chi connectivity index (χ4n) is 3.54. The van der Waals surface area contributed by atoms with Crippen LogP contribution in [0.4, 0.5) is 0 Å². The van der Waals surface area contributed by atoms with E-state index in [2.05, 4.69) is 0 Å².